The number of sulfonamides is 1. The van der Waals surface area contributed by atoms with Crippen LogP contribution in [0.25, 0.3) is 10.4 Å². The molecule has 0 saturated heterocycles. The molecule has 128 valence electrons. The molecule has 1 heterocycles. The van der Waals surface area contributed by atoms with E-state index >= 15 is 0 Å². The molecule has 6 nitrogen and oxygen atoms in total. The van der Waals surface area contributed by atoms with Crippen LogP contribution >= 0.6 is 11.3 Å². The fourth-order valence-corrected chi connectivity index (χ4v) is 3.49. The van der Waals surface area contributed by atoms with Gasteiger partial charge in [-0.25, -0.2) is 13.6 Å². The Morgan fingerprint density at radius 2 is 1.76 bits per heavy atom. The average Bonchev–Trinajstić information content (AvgIpc) is 3.10. The maximum Gasteiger partial charge on any atom is 0.255 e. The lowest BCUT2D eigenvalue weighted by Crippen LogP contribution is -2.15. The first kappa shape index (κ1) is 17.2. The Kier molecular flexibility index (Phi) is 4.58. The van der Waals surface area contributed by atoms with E-state index in [4.69, 9.17) is 10.9 Å². The van der Waals surface area contributed by atoms with E-state index < -0.39 is 15.9 Å². The van der Waals surface area contributed by atoms with Crippen molar-refractivity contribution in [1.82, 2.24) is 0 Å². The van der Waals surface area contributed by atoms with Crippen molar-refractivity contribution in [2.45, 2.75) is 4.90 Å². The fraction of sp³-hybridized carbons (Fsp3) is 0. The van der Waals surface area contributed by atoms with Gasteiger partial charge in [0.25, 0.3) is 5.91 Å². The number of nitrogens with one attached hydrogen (secondary N) is 1. The number of primary sulfonamides is 1. The second-order valence-electron chi connectivity index (χ2n) is 5.30. The topological polar surface area (TPSA) is 115 Å². The van der Waals surface area contributed by atoms with Crippen LogP contribution in [-0.2, 0) is 10.0 Å². The Balaban J connectivity index is 1.84. The van der Waals surface area contributed by atoms with Crippen molar-refractivity contribution < 1.29 is 13.2 Å². The van der Waals surface area contributed by atoms with Gasteiger partial charge in [0.2, 0.25) is 10.0 Å². The minimum Gasteiger partial charge on any atom is -0.397 e. The third-order valence-corrected chi connectivity index (χ3v) is 5.40. The van der Waals surface area contributed by atoms with E-state index in [1.54, 1.807) is 23.5 Å². The van der Waals surface area contributed by atoms with Crippen LogP contribution in [-0.4, -0.2) is 14.3 Å². The van der Waals surface area contributed by atoms with Gasteiger partial charge in [-0.15, -0.1) is 11.3 Å². The largest absolute Gasteiger partial charge is 0.397 e. The van der Waals surface area contributed by atoms with Crippen molar-refractivity contribution in [3.63, 3.8) is 0 Å². The van der Waals surface area contributed by atoms with E-state index in [0.29, 0.717) is 16.9 Å². The van der Waals surface area contributed by atoms with Gasteiger partial charge < -0.3 is 11.1 Å². The van der Waals surface area contributed by atoms with E-state index in [2.05, 4.69) is 5.32 Å². The van der Waals surface area contributed by atoms with E-state index in [1.165, 1.54) is 24.3 Å². The van der Waals surface area contributed by atoms with Crippen molar-refractivity contribution in [2.24, 2.45) is 5.14 Å². The molecule has 0 spiro atoms. The predicted molar refractivity (Wildman–Crippen MR) is 99.9 cm³/mol. The normalized spacial score (nSPS) is 11.2. The number of hydrogen-bond donors (Lipinski definition) is 3. The molecule has 0 radical (unpaired) electrons. The molecule has 5 N–H and O–H groups in total. The minimum atomic E-state index is -3.79. The van der Waals surface area contributed by atoms with Crippen molar-refractivity contribution in [3.05, 3.63) is 65.5 Å². The van der Waals surface area contributed by atoms with Gasteiger partial charge in [-0.2, -0.15) is 0 Å². The number of carbonyl (C=O) groups excluding carboxylic acids is 1. The number of carbonyl (C=O) groups is 1. The second-order valence-corrected chi connectivity index (χ2v) is 7.81. The second kappa shape index (κ2) is 6.67. The van der Waals surface area contributed by atoms with E-state index in [-0.39, 0.29) is 4.90 Å². The molecule has 1 amide bonds. The molecule has 3 rings (SSSR count). The third-order valence-electron chi connectivity index (χ3n) is 3.55. The van der Waals surface area contributed by atoms with Gasteiger partial charge in [-0.3, -0.25) is 4.79 Å². The molecule has 0 aliphatic rings. The summed E-state index contributed by atoms with van der Waals surface area (Å²) < 4.78 is 22.5. The summed E-state index contributed by atoms with van der Waals surface area (Å²) >= 11 is 1.59. The number of nitrogens with two attached hydrogens (primary N) is 2. The molecule has 25 heavy (non-hydrogen) atoms. The molecule has 0 bridgehead atoms. The molecule has 0 fully saturated rings. The number of hydrogen-bond acceptors (Lipinski definition) is 5. The molecule has 8 heteroatoms. The van der Waals surface area contributed by atoms with Crippen LogP contribution < -0.4 is 16.2 Å². The maximum absolute atomic E-state index is 12.4. The van der Waals surface area contributed by atoms with Crippen molar-refractivity contribution >= 4 is 38.6 Å². The monoisotopic (exact) mass is 373 g/mol. The zero-order valence-electron chi connectivity index (χ0n) is 13.0. The summed E-state index contributed by atoms with van der Waals surface area (Å²) in [5, 5.41) is 9.76. The standard InChI is InChI=1S/C17H15N3O3S2/c18-14-8-5-12(16-2-1-9-24-16)10-15(14)20-17(21)11-3-6-13(7-4-11)25(19,22)23/h1-10H,18H2,(H,20,21)(H2,19,22,23). The third kappa shape index (κ3) is 3.87. The van der Waals surface area contributed by atoms with Gasteiger partial charge in [-0.1, -0.05) is 12.1 Å². The van der Waals surface area contributed by atoms with E-state index in [1.807, 2.05) is 23.6 Å². The highest BCUT2D eigenvalue weighted by Crippen LogP contribution is 2.30. The van der Waals surface area contributed by atoms with Crippen molar-refractivity contribution in [3.8, 4) is 10.4 Å². The molecule has 0 aliphatic heterocycles. The lowest BCUT2D eigenvalue weighted by atomic mass is 10.1. The van der Waals surface area contributed by atoms with Gasteiger partial charge in [0.1, 0.15) is 0 Å². The summed E-state index contributed by atoms with van der Waals surface area (Å²) in [7, 11) is -3.79. The van der Waals surface area contributed by atoms with E-state index in [0.717, 1.165) is 10.4 Å². The predicted octanol–water partition coefficient (Wildman–Crippen LogP) is 2.90. The number of anilines is 2. The van der Waals surface area contributed by atoms with Crippen LogP contribution in [0.3, 0.4) is 0 Å². The molecule has 3 aromatic rings. The summed E-state index contributed by atoms with van der Waals surface area (Å²) in [6, 6.07) is 14.7. The van der Waals surface area contributed by atoms with E-state index in [9.17, 15) is 13.2 Å². The molecule has 1 aromatic heterocycles. The van der Waals surface area contributed by atoms with Gasteiger partial charge in [0.05, 0.1) is 16.3 Å². The summed E-state index contributed by atoms with van der Waals surface area (Å²) in [5.74, 6) is -0.393. The Hall–Kier alpha value is -2.68. The van der Waals surface area contributed by atoms with Crippen LogP contribution in [0.1, 0.15) is 10.4 Å². The summed E-state index contributed by atoms with van der Waals surface area (Å²) in [6.45, 7) is 0. The summed E-state index contributed by atoms with van der Waals surface area (Å²) in [5.41, 5.74) is 8.12. The molecular formula is C17H15N3O3S2. The van der Waals surface area contributed by atoms with Gasteiger partial charge in [-0.05, 0) is 53.4 Å². The maximum atomic E-state index is 12.4. The van der Waals surface area contributed by atoms with Crippen molar-refractivity contribution in [1.29, 1.82) is 0 Å². The molecule has 0 saturated carbocycles. The Bertz CT molecular complexity index is 1010. The summed E-state index contributed by atoms with van der Waals surface area (Å²) in [4.78, 5) is 13.4. The minimum absolute atomic E-state index is 0.0525. The highest BCUT2D eigenvalue weighted by atomic mass is 32.2. The number of nitrogen functional groups attached to an aromatic ring is 1. The fourth-order valence-electron chi connectivity index (χ4n) is 2.25. The number of benzene rings is 2. The Labute approximate surface area is 149 Å². The van der Waals surface area contributed by atoms with Crippen LogP contribution in [0.5, 0.6) is 0 Å². The van der Waals surface area contributed by atoms with Crippen LogP contribution in [0.15, 0.2) is 64.9 Å². The number of thiophene rings is 1. The zero-order valence-corrected chi connectivity index (χ0v) is 14.6. The highest BCUT2D eigenvalue weighted by Gasteiger charge is 2.12. The Morgan fingerprint density at radius 1 is 1.04 bits per heavy atom. The lowest BCUT2D eigenvalue weighted by Gasteiger charge is -2.10. The average molecular weight is 373 g/mol. The first-order valence-corrected chi connectivity index (χ1v) is 9.65. The van der Waals surface area contributed by atoms with Gasteiger partial charge in [0.15, 0.2) is 0 Å². The van der Waals surface area contributed by atoms with Gasteiger partial charge in [0, 0.05) is 10.4 Å². The summed E-state index contributed by atoms with van der Waals surface area (Å²) in [6.07, 6.45) is 0. The Morgan fingerprint density at radius 3 is 2.36 bits per heavy atom. The highest BCUT2D eigenvalue weighted by molar-refractivity contribution is 7.89. The molecule has 2 aromatic carbocycles. The number of amides is 1. The van der Waals surface area contributed by atoms with Crippen LogP contribution in [0, 0.1) is 0 Å². The first-order valence-electron chi connectivity index (χ1n) is 7.22. The quantitative estimate of drug-likeness (QED) is 0.610. The van der Waals surface area contributed by atoms with Crippen LogP contribution in [0.4, 0.5) is 11.4 Å². The first-order chi connectivity index (χ1) is 11.8. The molecule has 0 atom stereocenters. The molecule has 0 aliphatic carbocycles. The zero-order chi connectivity index (χ0) is 18.0. The smallest absolute Gasteiger partial charge is 0.255 e. The molecule has 0 unspecified atom stereocenters. The van der Waals surface area contributed by atoms with Gasteiger partial charge >= 0.3 is 0 Å². The number of rotatable bonds is 4. The van der Waals surface area contributed by atoms with Crippen molar-refractivity contribution in [2.75, 3.05) is 11.1 Å². The lowest BCUT2D eigenvalue weighted by molar-refractivity contribution is 0.102. The molecular weight excluding hydrogens is 358 g/mol. The SMILES string of the molecule is Nc1ccc(-c2cccs2)cc1NC(=O)c1ccc(S(N)(=O)=O)cc1. The van der Waals surface area contributed by atoms with Crippen LogP contribution in [0.2, 0.25) is 0 Å².